The lowest BCUT2D eigenvalue weighted by Gasteiger charge is -2.10. The van der Waals surface area contributed by atoms with Crippen LogP contribution in [0, 0.1) is 6.92 Å². The number of nitrogens with zero attached hydrogens (tertiary/aromatic N) is 3. The third-order valence-electron chi connectivity index (χ3n) is 2.06. The topological polar surface area (TPSA) is 66.5 Å². The van der Waals surface area contributed by atoms with Gasteiger partial charge in [-0.15, -0.1) is 0 Å². The molecule has 0 saturated heterocycles. The zero-order chi connectivity index (χ0) is 11.5. The molecule has 16 heavy (non-hydrogen) atoms. The first-order chi connectivity index (χ1) is 7.65. The number of hydrogen-bond acceptors (Lipinski definition) is 4. The molecule has 0 fully saturated rings. The molecule has 2 heterocycles. The molecule has 0 amide bonds. The number of nitrogens with one attached hydrogen (secondary N) is 2. The first-order valence-corrected chi connectivity index (χ1v) is 5.26. The van der Waals surface area contributed by atoms with Crippen LogP contribution in [0.25, 0.3) is 11.4 Å². The van der Waals surface area contributed by atoms with Crippen LogP contribution in [0.4, 0.5) is 5.82 Å². The minimum absolute atomic E-state index is 0.356. The van der Waals surface area contributed by atoms with E-state index < -0.39 is 0 Å². The van der Waals surface area contributed by atoms with Crippen molar-refractivity contribution in [1.29, 1.82) is 0 Å². The van der Waals surface area contributed by atoms with Crippen LogP contribution in [-0.2, 0) is 0 Å². The van der Waals surface area contributed by atoms with Gasteiger partial charge in [0.2, 0.25) is 0 Å². The summed E-state index contributed by atoms with van der Waals surface area (Å²) in [6, 6.07) is 4.28. The lowest BCUT2D eigenvalue weighted by Crippen LogP contribution is -2.11. The SMILES string of the molecule is Cc1cc(-c2nc[nH]n2)cc(NC(C)C)n1. The highest BCUT2D eigenvalue weighted by Gasteiger charge is 2.06. The molecule has 0 aromatic carbocycles. The van der Waals surface area contributed by atoms with E-state index in [9.17, 15) is 0 Å². The normalized spacial score (nSPS) is 10.8. The molecule has 0 atom stereocenters. The number of anilines is 1. The summed E-state index contributed by atoms with van der Waals surface area (Å²) in [5.41, 5.74) is 1.92. The quantitative estimate of drug-likeness (QED) is 0.825. The van der Waals surface area contributed by atoms with E-state index in [4.69, 9.17) is 0 Å². The molecule has 0 saturated carbocycles. The molecular formula is C11H15N5. The van der Waals surface area contributed by atoms with Crippen LogP contribution in [0.3, 0.4) is 0 Å². The van der Waals surface area contributed by atoms with Crippen LogP contribution >= 0.6 is 0 Å². The summed E-state index contributed by atoms with van der Waals surface area (Å²) < 4.78 is 0. The van der Waals surface area contributed by atoms with Gasteiger partial charge in [0.05, 0.1) is 0 Å². The molecule has 84 valence electrons. The Labute approximate surface area is 94.3 Å². The summed E-state index contributed by atoms with van der Waals surface area (Å²) in [6.45, 7) is 6.12. The molecule has 2 aromatic heterocycles. The molecule has 0 aliphatic carbocycles. The van der Waals surface area contributed by atoms with E-state index in [2.05, 4.69) is 39.3 Å². The molecule has 2 aromatic rings. The van der Waals surface area contributed by atoms with Crippen LogP contribution in [0.1, 0.15) is 19.5 Å². The van der Waals surface area contributed by atoms with E-state index in [0.717, 1.165) is 17.1 Å². The Morgan fingerprint density at radius 2 is 2.12 bits per heavy atom. The molecule has 2 N–H and O–H groups in total. The zero-order valence-electron chi connectivity index (χ0n) is 9.65. The lowest BCUT2D eigenvalue weighted by atomic mass is 10.2. The van der Waals surface area contributed by atoms with E-state index in [1.54, 1.807) is 6.33 Å². The second kappa shape index (κ2) is 4.30. The summed E-state index contributed by atoms with van der Waals surface area (Å²) >= 11 is 0. The van der Waals surface area contributed by atoms with Crippen molar-refractivity contribution in [2.45, 2.75) is 26.8 Å². The van der Waals surface area contributed by atoms with E-state index in [1.807, 2.05) is 19.1 Å². The zero-order valence-corrected chi connectivity index (χ0v) is 9.65. The van der Waals surface area contributed by atoms with Gasteiger partial charge in [0.1, 0.15) is 12.1 Å². The number of aromatic nitrogens is 4. The third kappa shape index (κ3) is 2.36. The fourth-order valence-electron chi connectivity index (χ4n) is 1.52. The Bertz CT molecular complexity index is 461. The Morgan fingerprint density at radius 3 is 2.75 bits per heavy atom. The number of aryl methyl sites for hydroxylation is 1. The van der Waals surface area contributed by atoms with Crippen molar-refractivity contribution >= 4 is 5.82 Å². The van der Waals surface area contributed by atoms with Crippen molar-refractivity contribution in [3.63, 3.8) is 0 Å². The van der Waals surface area contributed by atoms with Crippen LogP contribution in [0.5, 0.6) is 0 Å². The Hall–Kier alpha value is -1.91. The number of H-pyrrole nitrogens is 1. The second-order valence-electron chi connectivity index (χ2n) is 4.00. The molecule has 0 unspecified atom stereocenters. The predicted molar refractivity (Wildman–Crippen MR) is 63.1 cm³/mol. The van der Waals surface area contributed by atoms with Gasteiger partial charge in [-0.05, 0) is 32.9 Å². The van der Waals surface area contributed by atoms with Gasteiger partial charge in [-0.2, -0.15) is 5.10 Å². The summed E-state index contributed by atoms with van der Waals surface area (Å²) in [4.78, 5) is 8.53. The van der Waals surface area contributed by atoms with Gasteiger partial charge in [-0.1, -0.05) is 0 Å². The second-order valence-corrected chi connectivity index (χ2v) is 4.00. The van der Waals surface area contributed by atoms with Gasteiger partial charge in [0, 0.05) is 17.3 Å². The molecule has 0 bridgehead atoms. The van der Waals surface area contributed by atoms with E-state index >= 15 is 0 Å². The fourth-order valence-corrected chi connectivity index (χ4v) is 1.52. The van der Waals surface area contributed by atoms with E-state index in [0.29, 0.717) is 11.9 Å². The standard InChI is InChI=1S/C11H15N5/c1-7(2)14-10-5-9(4-8(3)15-10)11-12-6-13-16-11/h4-7H,1-3H3,(H,14,15)(H,12,13,16). The maximum absolute atomic E-state index is 4.41. The average Bonchev–Trinajstić information content (AvgIpc) is 2.67. The molecule has 0 aliphatic heterocycles. The van der Waals surface area contributed by atoms with Gasteiger partial charge in [-0.3, -0.25) is 5.10 Å². The molecule has 0 spiro atoms. The summed E-state index contributed by atoms with van der Waals surface area (Å²) in [7, 11) is 0. The monoisotopic (exact) mass is 217 g/mol. The van der Waals surface area contributed by atoms with Crippen LogP contribution in [0.15, 0.2) is 18.5 Å². The smallest absolute Gasteiger partial charge is 0.181 e. The number of rotatable bonds is 3. The third-order valence-corrected chi connectivity index (χ3v) is 2.06. The maximum atomic E-state index is 4.41. The molecular weight excluding hydrogens is 202 g/mol. The van der Waals surface area contributed by atoms with Crippen molar-refractivity contribution in [3.05, 3.63) is 24.2 Å². The summed E-state index contributed by atoms with van der Waals surface area (Å²) in [5, 5.41) is 10.0. The number of pyridine rings is 1. The Kier molecular flexibility index (Phi) is 2.85. The van der Waals surface area contributed by atoms with Gasteiger partial charge < -0.3 is 5.32 Å². The largest absolute Gasteiger partial charge is 0.368 e. The molecule has 5 nitrogen and oxygen atoms in total. The number of hydrogen-bond donors (Lipinski definition) is 2. The lowest BCUT2D eigenvalue weighted by molar-refractivity contribution is 0.887. The van der Waals surface area contributed by atoms with Gasteiger partial charge in [0.15, 0.2) is 5.82 Å². The van der Waals surface area contributed by atoms with E-state index in [-0.39, 0.29) is 0 Å². The summed E-state index contributed by atoms with van der Waals surface area (Å²) in [5.74, 6) is 1.55. The van der Waals surface area contributed by atoms with Gasteiger partial charge in [-0.25, -0.2) is 9.97 Å². The molecule has 5 heteroatoms. The van der Waals surface area contributed by atoms with Crippen LogP contribution in [-0.4, -0.2) is 26.2 Å². The maximum Gasteiger partial charge on any atom is 0.181 e. The average molecular weight is 217 g/mol. The highest BCUT2D eigenvalue weighted by Crippen LogP contribution is 2.18. The Morgan fingerprint density at radius 1 is 1.31 bits per heavy atom. The highest BCUT2D eigenvalue weighted by atomic mass is 15.2. The number of aromatic amines is 1. The molecule has 2 rings (SSSR count). The van der Waals surface area contributed by atoms with Crippen molar-refractivity contribution in [2.75, 3.05) is 5.32 Å². The van der Waals surface area contributed by atoms with Crippen molar-refractivity contribution in [2.24, 2.45) is 0 Å². The molecule has 0 radical (unpaired) electrons. The first-order valence-electron chi connectivity index (χ1n) is 5.26. The van der Waals surface area contributed by atoms with Gasteiger partial charge >= 0.3 is 0 Å². The highest BCUT2D eigenvalue weighted by molar-refractivity contribution is 5.60. The molecule has 0 aliphatic rings. The van der Waals surface area contributed by atoms with Gasteiger partial charge in [0.25, 0.3) is 0 Å². The predicted octanol–water partition coefficient (Wildman–Crippen LogP) is 2.00. The van der Waals surface area contributed by atoms with Crippen LogP contribution in [0.2, 0.25) is 0 Å². The van der Waals surface area contributed by atoms with Crippen molar-refractivity contribution in [3.8, 4) is 11.4 Å². The first kappa shape index (κ1) is 10.6. The minimum atomic E-state index is 0.356. The summed E-state index contributed by atoms with van der Waals surface area (Å²) in [6.07, 6.45) is 1.57. The van der Waals surface area contributed by atoms with E-state index in [1.165, 1.54) is 0 Å². The fraction of sp³-hybridized carbons (Fsp3) is 0.364. The van der Waals surface area contributed by atoms with Crippen molar-refractivity contribution in [1.82, 2.24) is 20.2 Å². The van der Waals surface area contributed by atoms with Crippen molar-refractivity contribution < 1.29 is 0 Å². The Balaban J connectivity index is 2.36. The van der Waals surface area contributed by atoms with Crippen LogP contribution < -0.4 is 5.32 Å². The minimum Gasteiger partial charge on any atom is -0.368 e.